The molecule has 1 N–H and O–H groups in total. The molecule has 1 heterocycles. The van der Waals surface area contributed by atoms with Crippen molar-refractivity contribution in [2.75, 3.05) is 13.4 Å². The molecule has 0 fully saturated rings. The highest BCUT2D eigenvalue weighted by Crippen LogP contribution is 2.23. The molecule has 2 aromatic rings. The predicted octanol–water partition coefficient (Wildman–Crippen LogP) is 2.17. The second-order valence-corrected chi connectivity index (χ2v) is 4.29. The Bertz CT molecular complexity index is 662. The third-order valence-corrected chi connectivity index (χ3v) is 2.85. The maximum Gasteiger partial charge on any atom is 0.417 e. The molecule has 2 rings (SSSR count). The molecule has 0 aliphatic rings. The van der Waals surface area contributed by atoms with Crippen molar-refractivity contribution in [1.29, 1.82) is 5.26 Å². The molecule has 7 nitrogen and oxygen atoms in total. The van der Waals surface area contributed by atoms with E-state index in [9.17, 15) is 0 Å². The fourth-order valence-electron chi connectivity index (χ4n) is 1.41. The van der Waals surface area contributed by atoms with Gasteiger partial charge in [-0.2, -0.15) is 10.2 Å². The van der Waals surface area contributed by atoms with Crippen molar-refractivity contribution >= 4 is 22.6 Å². The molecule has 0 spiro atoms. The molecular formula is C12H11N5O2S. The maximum atomic E-state index is 8.61. The van der Waals surface area contributed by atoms with Crippen molar-refractivity contribution in [1.82, 2.24) is 15.5 Å². The van der Waals surface area contributed by atoms with Gasteiger partial charge in [-0.3, -0.25) is 9.84 Å². The number of amidine groups is 1. The maximum absolute atomic E-state index is 8.61. The van der Waals surface area contributed by atoms with Gasteiger partial charge in [0.2, 0.25) is 5.82 Å². The number of aliphatic imine (C=N–C) groups is 1. The minimum absolute atomic E-state index is 0.102. The minimum atomic E-state index is 0.102. The number of nitriles is 1. The first kappa shape index (κ1) is 13.9. The van der Waals surface area contributed by atoms with Gasteiger partial charge in [0, 0.05) is 5.56 Å². The number of ether oxygens (including phenoxy) is 1. The van der Waals surface area contributed by atoms with Gasteiger partial charge < -0.3 is 4.74 Å². The fourth-order valence-corrected chi connectivity index (χ4v) is 1.76. The van der Waals surface area contributed by atoms with E-state index >= 15 is 0 Å². The zero-order valence-corrected chi connectivity index (χ0v) is 11.6. The van der Waals surface area contributed by atoms with Crippen molar-refractivity contribution in [3.05, 3.63) is 24.3 Å². The highest BCUT2D eigenvalue weighted by Gasteiger charge is 2.09. The Morgan fingerprint density at radius 2 is 2.40 bits per heavy atom. The Hall–Kier alpha value is -2.53. The standard InChI is InChI=1S/C12H11N5O2S/c1-18-12-16-10(17-19-12)8-4-3-5-9(6-8)15-11(20-2)14-7-13/h3-6H,1-2H3,(H,14,15). The molecule has 0 bridgehead atoms. The summed E-state index contributed by atoms with van der Waals surface area (Å²) in [6.45, 7) is 0. The van der Waals surface area contributed by atoms with Crippen LogP contribution in [-0.2, 0) is 0 Å². The summed E-state index contributed by atoms with van der Waals surface area (Å²) in [4.78, 5) is 8.36. The van der Waals surface area contributed by atoms with Crippen molar-refractivity contribution in [3.8, 4) is 23.7 Å². The lowest BCUT2D eigenvalue weighted by atomic mass is 10.2. The summed E-state index contributed by atoms with van der Waals surface area (Å²) >= 11 is 1.35. The number of aromatic nitrogens is 2. The van der Waals surface area contributed by atoms with Crippen LogP contribution in [0.3, 0.4) is 0 Å². The lowest BCUT2D eigenvalue weighted by molar-refractivity contribution is 0.250. The summed E-state index contributed by atoms with van der Waals surface area (Å²) in [7, 11) is 1.45. The molecule has 0 saturated heterocycles. The number of hydrogen-bond donors (Lipinski definition) is 1. The first-order chi connectivity index (χ1) is 9.76. The summed E-state index contributed by atoms with van der Waals surface area (Å²) < 4.78 is 9.71. The zero-order chi connectivity index (χ0) is 14.4. The van der Waals surface area contributed by atoms with Crippen LogP contribution >= 0.6 is 11.8 Å². The summed E-state index contributed by atoms with van der Waals surface area (Å²) in [5, 5.41) is 15.4. The molecule has 20 heavy (non-hydrogen) atoms. The summed E-state index contributed by atoms with van der Waals surface area (Å²) in [5.74, 6) is 0.415. The van der Waals surface area contributed by atoms with Gasteiger partial charge in [-0.05, 0) is 18.4 Å². The minimum Gasteiger partial charge on any atom is -0.452 e. The Kier molecular flexibility index (Phi) is 4.57. The highest BCUT2D eigenvalue weighted by atomic mass is 32.2. The van der Waals surface area contributed by atoms with Crippen LogP contribution in [0.4, 0.5) is 5.69 Å². The van der Waals surface area contributed by atoms with E-state index in [0.29, 0.717) is 16.7 Å². The van der Waals surface area contributed by atoms with Crippen LogP contribution in [0, 0.1) is 11.5 Å². The summed E-state index contributed by atoms with van der Waals surface area (Å²) in [6, 6.07) is 7.26. The number of nitrogens with zero attached hydrogens (tertiary/aromatic N) is 4. The van der Waals surface area contributed by atoms with E-state index in [4.69, 9.17) is 14.5 Å². The lowest BCUT2D eigenvalue weighted by Gasteiger charge is -2.01. The van der Waals surface area contributed by atoms with Gasteiger partial charge in [0.25, 0.3) is 0 Å². The average molecular weight is 289 g/mol. The van der Waals surface area contributed by atoms with E-state index in [1.165, 1.54) is 18.9 Å². The van der Waals surface area contributed by atoms with E-state index < -0.39 is 0 Å². The SMILES string of the molecule is COc1nc(-c2cccc(N=C(NC#N)SC)c2)no1. The third kappa shape index (κ3) is 3.27. The predicted molar refractivity (Wildman–Crippen MR) is 75.6 cm³/mol. The molecule has 0 aliphatic heterocycles. The van der Waals surface area contributed by atoms with Crippen LogP contribution in [0.5, 0.6) is 6.08 Å². The zero-order valence-electron chi connectivity index (χ0n) is 10.8. The summed E-state index contributed by atoms with van der Waals surface area (Å²) in [5.41, 5.74) is 1.43. The van der Waals surface area contributed by atoms with E-state index in [0.717, 1.165) is 5.56 Å². The van der Waals surface area contributed by atoms with E-state index in [-0.39, 0.29) is 6.08 Å². The Balaban J connectivity index is 2.30. The van der Waals surface area contributed by atoms with Crippen molar-refractivity contribution in [2.24, 2.45) is 4.99 Å². The van der Waals surface area contributed by atoms with Gasteiger partial charge in [0.05, 0.1) is 12.8 Å². The number of nitrogens with one attached hydrogen (secondary N) is 1. The molecular weight excluding hydrogens is 278 g/mol. The Morgan fingerprint density at radius 1 is 1.55 bits per heavy atom. The van der Waals surface area contributed by atoms with Gasteiger partial charge in [-0.1, -0.05) is 29.1 Å². The second-order valence-electron chi connectivity index (χ2n) is 3.50. The molecule has 0 amide bonds. The molecule has 0 atom stereocenters. The Morgan fingerprint density at radius 3 is 3.05 bits per heavy atom. The number of thioether (sulfide) groups is 1. The van der Waals surface area contributed by atoms with Crippen molar-refractivity contribution < 1.29 is 9.26 Å². The molecule has 0 unspecified atom stereocenters. The number of rotatable bonds is 3. The molecule has 0 radical (unpaired) electrons. The van der Waals surface area contributed by atoms with E-state index in [1.54, 1.807) is 6.07 Å². The largest absolute Gasteiger partial charge is 0.452 e. The van der Waals surface area contributed by atoms with Crippen LogP contribution in [-0.4, -0.2) is 28.7 Å². The fraction of sp³-hybridized carbons (Fsp3) is 0.167. The van der Waals surface area contributed by atoms with Crippen molar-refractivity contribution in [3.63, 3.8) is 0 Å². The normalized spacial score (nSPS) is 10.9. The van der Waals surface area contributed by atoms with Gasteiger partial charge in [0.15, 0.2) is 11.4 Å². The molecule has 1 aromatic carbocycles. The van der Waals surface area contributed by atoms with Gasteiger partial charge in [0.1, 0.15) is 0 Å². The number of methoxy groups -OCH3 is 1. The van der Waals surface area contributed by atoms with Crippen LogP contribution in [0.2, 0.25) is 0 Å². The smallest absolute Gasteiger partial charge is 0.417 e. The molecule has 1 aromatic heterocycles. The molecule has 8 heteroatoms. The third-order valence-electron chi connectivity index (χ3n) is 2.27. The van der Waals surface area contributed by atoms with Crippen LogP contribution in [0.25, 0.3) is 11.4 Å². The molecule has 102 valence electrons. The van der Waals surface area contributed by atoms with Gasteiger partial charge in [-0.25, -0.2) is 4.99 Å². The molecule has 0 saturated carbocycles. The quantitative estimate of drug-likeness (QED) is 0.400. The average Bonchev–Trinajstić information content (AvgIpc) is 2.96. The second kappa shape index (κ2) is 6.58. The van der Waals surface area contributed by atoms with E-state index in [1.807, 2.05) is 30.6 Å². The number of hydrogen-bond acceptors (Lipinski definition) is 7. The monoisotopic (exact) mass is 289 g/mol. The van der Waals surface area contributed by atoms with E-state index in [2.05, 4.69) is 20.4 Å². The lowest BCUT2D eigenvalue weighted by Crippen LogP contribution is -2.12. The molecule has 0 aliphatic carbocycles. The van der Waals surface area contributed by atoms with Crippen LogP contribution < -0.4 is 10.1 Å². The van der Waals surface area contributed by atoms with Crippen LogP contribution in [0.1, 0.15) is 0 Å². The van der Waals surface area contributed by atoms with Gasteiger partial charge in [-0.15, -0.1) is 0 Å². The first-order valence-electron chi connectivity index (χ1n) is 5.52. The van der Waals surface area contributed by atoms with Gasteiger partial charge >= 0.3 is 6.08 Å². The van der Waals surface area contributed by atoms with Crippen LogP contribution in [0.15, 0.2) is 33.8 Å². The van der Waals surface area contributed by atoms with Crippen molar-refractivity contribution in [2.45, 2.75) is 0 Å². The highest BCUT2D eigenvalue weighted by molar-refractivity contribution is 8.13. The number of benzene rings is 1. The first-order valence-corrected chi connectivity index (χ1v) is 6.75. The summed E-state index contributed by atoms with van der Waals surface area (Å²) in [6.07, 6.45) is 3.77. The Labute approximate surface area is 119 Å². The topological polar surface area (TPSA) is 96.3 Å².